The monoisotopic (exact) mass is 282 g/mol. The highest BCUT2D eigenvalue weighted by molar-refractivity contribution is 5.94. The van der Waals surface area contributed by atoms with Crippen LogP contribution in [0.2, 0.25) is 0 Å². The zero-order valence-electron chi connectivity index (χ0n) is 12.7. The van der Waals surface area contributed by atoms with Crippen LogP contribution in [0.4, 0.5) is 0 Å². The lowest BCUT2D eigenvalue weighted by Crippen LogP contribution is -2.26. The Bertz CT molecular complexity index is 564. The third kappa shape index (κ3) is 4.42. The summed E-state index contributed by atoms with van der Waals surface area (Å²) in [6.45, 7) is 4.16. The smallest absolute Gasteiger partial charge is 0.251 e. The molecule has 2 aromatic rings. The summed E-state index contributed by atoms with van der Waals surface area (Å²) in [5, 5.41) is 3.01. The van der Waals surface area contributed by atoms with Crippen molar-refractivity contribution in [2.45, 2.75) is 39.2 Å². The maximum Gasteiger partial charge on any atom is 0.251 e. The second kappa shape index (κ2) is 7.58. The Morgan fingerprint density at radius 2 is 1.81 bits per heavy atom. The molecule has 0 aliphatic heterocycles. The maximum atomic E-state index is 12.2. The molecule has 0 spiro atoms. The van der Waals surface area contributed by atoms with E-state index in [-0.39, 0.29) is 11.9 Å². The molecule has 0 aliphatic carbocycles. The molecule has 1 atom stereocenters. The average molecular weight is 282 g/mol. The summed E-state index contributed by atoms with van der Waals surface area (Å²) >= 11 is 0. The molecule has 1 amide bonds. The molecule has 21 heavy (non-hydrogen) atoms. The van der Waals surface area contributed by atoms with Crippen molar-refractivity contribution < 1.29 is 4.79 Å². The Kier molecular flexibility index (Phi) is 5.50. The van der Waals surface area contributed by atoms with E-state index in [1.807, 2.05) is 43.3 Å². The summed E-state index contributed by atoms with van der Waals surface area (Å²) in [7, 11) is 0. The van der Waals surface area contributed by atoms with Gasteiger partial charge in [0.05, 0.1) is 6.04 Å². The SMILES string of the molecule is CCCCc1ccc(C(=O)N[C@@H](C)c2ccncc2)cc1. The summed E-state index contributed by atoms with van der Waals surface area (Å²) < 4.78 is 0. The van der Waals surface area contributed by atoms with Crippen LogP contribution < -0.4 is 5.32 Å². The number of hydrogen-bond acceptors (Lipinski definition) is 2. The number of hydrogen-bond donors (Lipinski definition) is 1. The lowest BCUT2D eigenvalue weighted by molar-refractivity contribution is 0.0940. The topological polar surface area (TPSA) is 42.0 Å². The van der Waals surface area contributed by atoms with Crippen LogP contribution in [0.1, 0.15) is 54.2 Å². The highest BCUT2D eigenvalue weighted by atomic mass is 16.1. The molecule has 3 nitrogen and oxygen atoms in total. The zero-order valence-corrected chi connectivity index (χ0v) is 12.7. The molecule has 1 aromatic heterocycles. The van der Waals surface area contributed by atoms with Crippen molar-refractivity contribution in [3.8, 4) is 0 Å². The maximum absolute atomic E-state index is 12.2. The van der Waals surface area contributed by atoms with Gasteiger partial charge in [0.1, 0.15) is 0 Å². The van der Waals surface area contributed by atoms with Gasteiger partial charge in [-0.2, -0.15) is 0 Å². The fourth-order valence-corrected chi connectivity index (χ4v) is 2.22. The Morgan fingerprint density at radius 3 is 2.43 bits per heavy atom. The molecule has 1 heterocycles. The van der Waals surface area contributed by atoms with Gasteiger partial charge in [0.15, 0.2) is 0 Å². The van der Waals surface area contributed by atoms with Gasteiger partial charge in [-0.05, 0) is 55.2 Å². The minimum absolute atomic E-state index is 0.0275. The van der Waals surface area contributed by atoms with Crippen LogP contribution >= 0.6 is 0 Å². The van der Waals surface area contributed by atoms with E-state index in [4.69, 9.17) is 0 Å². The van der Waals surface area contributed by atoms with Crippen molar-refractivity contribution in [3.63, 3.8) is 0 Å². The number of amides is 1. The van der Waals surface area contributed by atoms with Crippen molar-refractivity contribution in [3.05, 3.63) is 65.5 Å². The van der Waals surface area contributed by atoms with E-state index in [2.05, 4.69) is 17.2 Å². The minimum Gasteiger partial charge on any atom is -0.346 e. The lowest BCUT2D eigenvalue weighted by Gasteiger charge is -2.14. The van der Waals surface area contributed by atoms with Gasteiger partial charge in [0.2, 0.25) is 0 Å². The van der Waals surface area contributed by atoms with E-state index >= 15 is 0 Å². The number of carbonyl (C=O) groups excluding carboxylic acids is 1. The third-order valence-corrected chi connectivity index (χ3v) is 3.59. The Morgan fingerprint density at radius 1 is 1.14 bits per heavy atom. The molecule has 3 heteroatoms. The molecule has 0 unspecified atom stereocenters. The minimum atomic E-state index is -0.0404. The van der Waals surface area contributed by atoms with Crippen LogP contribution in [0.25, 0.3) is 0 Å². The Labute approximate surface area is 126 Å². The largest absolute Gasteiger partial charge is 0.346 e. The van der Waals surface area contributed by atoms with E-state index in [1.54, 1.807) is 12.4 Å². The summed E-state index contributed by atoms with van der Waals surface area (Å²) in [4.78, 5) is 16.2. The number of nitrogens with zero attached hydrogens (tertiary/aromatic N) is 1. The number of rotatable bonds is 6. The van der Waals surface area contributed by atoms with Crippen molar-refractivity contribution in [2.24, 2.45) is 0 Å². The first kappa shape index (κ1) is 15.2. The fourth-order valence-electron chi connectivity index (χ4n) is 2.22. The van der Waals surface area contributed by atoms with Crippen LogP contribution in [0.15, 0.2) is 48.8 Å². The van der Waals surface area contributed by atoms with Crippen LogP contribution in [0.3, 0.4) is 0 Å². The number of pyridine rings is 1. The van der Waals surface area contributed by atoms with Gasteiger partial charge in [-0.15, -0.1) is 0 Å². The van der Waals surface area contributed by atoms with Gasteiger partial charge in [-0.3, -0.25) is 9.78 Å². The van der Waals surface area contributed by atoms with Gasteiger partial charge < -0.3 is 5.32 Å². The number of carbonyl (C=O) groups is 1. The third-order valence-electron chi connectivity index (χ3n) is 3.59. The van der Waals surface area contributed by atoms with Crippen LogP contribution in [-0.2, 0) is 6.42 Å². The molecule has 1 N–H and O–H groups in total. The first-order chi connectivity index (χ1) is 10.2. The molecule has 0 saturated heterocycles. The molecular weight excluding hydrogens is 260 g/mol. The summed E-state index contributed by atoms with van der Waals surface area (Å²) in [6.07, 6.45) is 6.92. The molecule has 2 rings (SSSR count). The number of aromatic nitrogens is 1. The normalized spacial score (nSPS) is 11.9. The van der Waals surface area contributed by atoms with E-state index in [0.29, 0.717) is 5.56 Å². The summed E-state index contributed by atoms with van der Waals surface area (Å²) in [6, 6.07) is 11.7. The van der Waals surface area contributed by atoms with E-state index in [1.165, 1.54) is 18.4 Å². The summed E-state index contributed by atoms with van der Waals surface area (Å²) in [5.41, 5.74) is 3.05. The van der Waals surface area contributed by atoms with Crippen molar-refractivity contribution in [1.29, 1.82) is 0 Å². The first-order valence-electron chi connectivity index (χ1n) is 7.50. The van der Waals surface area contributed by atoms with Crippen LogP contribution in [0, 0.1) is 0 Å². The number of unbranched alkanes of at least 4 members (excludes halogenated alkanes) is 1. The fraction of sp³-hybridized carbons (Fsp3) is 0.333. The predicted molar refractivity (Wildman–Crippen MR) is 85.2 cm³/mol. The summed E-state index contributed by atoms with van der Waals surface area (Å²) in [5.74, 6) is -0.0404. The molecule has 110 valence electrons. The number of nitrogens with one attached hydrogen (secondary N) is 1. The lowest BCUT2D eigenvalue weighted by atomic mass is 10.1. The second-order valence-corrected chi connectivity index (χ2v) is 5.28. The Balaban J connectivity index is 1.97. The molecule has 0 radical (unpaired) electrons. The average Bonchev–Trinajstić information content (AvgIpc) is 2.54. The predicted octanol–water partition coefficient (Wildman–Crippen LogP) is 3.92. The molecule has 1 aromatic carbocycles. The molecule has 0 fully saturated rings. The first-order valence-corrected chi connectivity index (χ1v) is 7.50. The highest BCUT2D eigenvalue weighted by Gasteiger charge is 2.11. The van der Waals surface area contributed by atoms with E-state index in [9.17, 15) is 4.79 Å². The molecule has 0 aliphatic rings. The molecule has 0 bridgehead atoms. The Hall–Kier alpha value is -2.16. The van der Waals surface area contributed by atoms with Crippen molar-refractivity contribution in [1.82, 2.24) is 10.3 Å². The molecular formula is C18H22N2O. The van der Waals surface area contributed by atoms with Gasteiger partial charge in [-0.1, -0.05) is 25.5 Å². The number of benzene rings is 1. The van der Waals surface area contributed by atoms with Crippen LogP contribution in [-0.4, -0.2) is 10.9 Å². The number of aryl methyl sites for hydroxylation is 1. The quantitative estimate of drug-likeness (QED) is 0.872. The highest BCUT2D eigenvalue weighted by Crippen LogP contribution is 2.13. The van der Waals surface area contributed by atoms with Crippen LogP contribution in [0.5, 0.6) is 0 Å². The second-order valence-electron chi connectivity index (χ2n) is 5.28. The van der Waals surface area contributed by atoms with Gasteiger partial charge >= 0.3 is 0 Å². The van der Waals surface area contributed by atoms with E-state index in [0.717, 1.165) is 12.0 Å². The van der Waals surface area contributed by atoms with Gasteiger partial charge in [0.25, 0.3) is 5.91 Å². The van der Waals surface area contributed by atoms with E-state index < -0.39 is 0 Å². The van der Waals surface area contributed by atoms with Crippen molar-refractivity contribution in [2.75, 3.05) is 0 Å². The van der Waals surface area contributed by atoms with Gasteiger partial charge in [-0.25, -0.2) is 0 Å². The van der Waals surface area contributed by atoms with Gasteiger partial charge in [0, 0.05) is 18.0 Å². The van der Waals surface area contributed by atoms with Crippen molar-refractivity contribution >= 4 is 5.91 Å². The zero-order chi connectivity index (χ0) is 15.1. The standard InChI is InChI=1S/C18H22N2O/c1-3-4-5-15-6-8-17(9-7-15)18(21)20-14(2)16-10-12-19-13-11-16/h6-14H,3-5H2,1-2H3,(H,20,21)/t14-/m0/s1. The molecule has 0 saturated carbocycles.